The van der Waals surface area contributed by atoms with Gasteiger partial charge < -0.3 is 24.8 Å². The molecule has 2 unspecified atom stereocenters. The van der Waals surface area contributed by atoms with E-state index in [9.17, 15) is 10.2 Å². The molecular formula is C13H20O5. The standard InChI is InChI=1S/C13H20O5/c1-3-17-11-6-5-9(7-12(11)18-4-2)13(16)10(15)8-14/h5-7,10,13-16H,3-4,8H2,1-2H3. The van der Waals surface area contributed by atoms with Crippen molar-refractivity contribution in [2.75, 3.05) is 19.8 Å². The third kappa shape index (κ3) is 3.60. The first kappa shape index (κ1) is 14.8. The molecule has 2 atom stereocenters. The van der Waals surface area contributed by atoms with E-state index in [1.54, 1.807) is 18.2 Å². The molecule has 0 aliphatic heterocycles. The van der Waals surface area contributed by atoms with Crippen molar-refractivity contribution in [3.8, 4) is 11.5 Å². The van der Waals surface area contributed by atoms with Crippen LogP contribution < -0.4 is 9.47 Å². The molecule has 1 aromatic rings. The summed E-state index contributed by atoms with van der Waals surface area (Å²) in [5, 5.41) is 28.0. The largest absolute Gasteiger partial charge is 0.490 e. The van der Waals surface area contributed by atoms with Crippen LogP contribution in [0.15, 0.2) is 18.2 Å². The summed E-state index contributed by atoms with van der Waals surface area (Å²) in [6, 6.07) is 4.92. The fourth-order valence-corrected chi connectivity index (χ4v) is 1.57. The second-order valence-corrected chi connectivity index (χ2v) is 3.77. The van der Waals surface area contributed by atoms with Crippen LogP contribution in [-0.2, 0) is 0 Å². The maximum atomic E-state index is 9.80. The number of rotatable bonds is 7. The lowest BCUT2D eigenvalue weighted by molar-refractivity contribution is -0.0153. The Balaban J connectivity index is 2.98. The third-order valence-corrected chi connectivity index (χ3v) is 2.46. The highest BCUT2D eigenvalue weighted by Gasteiger charge is 2.19. The molecule has 0 saturated heterocycles. The zero-order valence-electron chi connectivity index (χ0n) is 10.7. The molecule has 0 bridgehead atoms. The van der Waals surface area contributed by atoms with E-state index in [0.29, 0.717) is 30.3 Å². The first-order valence-electron chi connectivity index (χ1n) is 6.00. The first-order valence-corrected chi connectivity index (χ1v) is 6.00. The van der Waals surface area contributed by atoms with E-state index < -0.39 is 18.8 Å². The molecule has 0 aliphatic carbocycles. The van der Waals surface area contributed by atoms with Gasteiger partial charge in [0, 0.05) is 0 Å². The molecule has 18 heavy (non-hydrogen) atoms. The van der Waals surface area contributed by atoms with Gasteiger partial charge in [0.05, 0.1) is 19.8 Å². The molecule has 0 saturated carbocycles. The maximum absolute atomic E-state index is 9.80. The predicted octanol–water partition coefficient (Wildman–Crippen LogP) is 0.871. The number of hydrogen-bond donors (Lipinski definition) is 3. The summed E-state index contributed by atoms with van der Waals surface area (Å²) in [6.45, 7) is 4.21. The molecular weight excluding hydrogens is 236 g/mol. The van der Waals surface area contributed by atoms with Crippen LogP contribution in [0.3, 0.4) is 0 Å². The van der Waals surface area contributed by atoms with Gasteiger partial charge in [-0.25, -0.2) is 0 Å². The van der Waals surface area contributed by atoms with Crippen molar-refractivity contribution in [1.82, 2.24) is 0 Å². The quantitative estimate of drug-likeness (QED) is 0.674. The summed E-state index contributed by atoms with van der Waals surface area (Å²) in [7, 11) is 0. The predicted molar refractivity (Wildman–Crippen MR) is 66.8 cm³/mol. The van der Waals surface area contributed by atoms with E-state index in [1.807, 2.05) is 13.8 Å². The van der Waals surface area contributed by atoms with Crippen molar-refractivity contribution >= 4 is 0 Å². The zero-order chi connectivity index (χ0) is 13.5. The molecule has 102 valence electrons. The van der Waals surface area contributed by atoms with Crippen LogP contribution in [0.25, 0.3) is 0 Å². The van der Waals surface area contributed by atoms with Crippen LogP contribution in [0.4, 0.5) is 0 Å². The van der Waals surface area contributed by atoms with Crippen LogP contribution in [0.5, 0.6) is 11.5 Å². The van der Waals surface area contributed by atoms with Crippen LogP contribution in [0.1, 0.15) is 25.5 Å². The fourth-order valence-electron chi connectivity index (χ4n) is 1.57. The Morgan fingerprint density at radius 2 is 1.67 bits per heavy atom. The minimum Gasteiger partial charge on any atom is -0.490 e. The number of hydrogen-bond acceptors (Lipinski definition) is 5. The second-order valence-electron chi connectivity index (χ2n) is 3.77. The highest BCUT2D eigenvalue weighted by molar-refractivity contribution is 5.43. The van der Waals surface area contributed by atoms with E-state index in [1.165, 1.54) is 0 Å². The monoisotopic (exact) mass is 256 g/mol. The van der Waals surface area contributed by atoms with Gasteiger partial charge in [-0.05, 0) is 31.5 Å². The molecule has 3 N–H and O–H groups in total. The number of ether oxygens (including phenoxy) is 2. The number of aliphatic hydroxyl groups is 3. The van der Waals surface area contributed by atoms with Crippen LogP contribution in [-0.4, -0.2) is 41.2 Å². The van der Waals surface area contributed by atoms with E-state index in [4.69, 9.17) is 14.6 Å². The molecule has 0 aromatic heterocycles. The van der Waals surface area contributed by atoms with Gasteiger partial charge >= 0.3 is 0 Å². The normalized spacial score (nSPS) is 14.1. The summed E-state index contributed by atoms with van der Waals surface area (Å²) in [5.41, 5.74) is 0.475. The summed E-state index contributed by atoms with van der Waals surface area (Å²) in [4.78, 5) is 0. The molecule has 0 fully saturated rings. The molecule has 0 aliphatic rings. The summed E-state index contributed by atoms with van der Waals surface area (Å²) in [5.74, 6) is 1.11. The smallest absolute Gasteiger partial charge is 0.161 e. The van der Waals surface area contributed by atoms with Crippen molar-refractivity contribution in [3.63, 3.8) is 0 Å². The topological polar surface area (TPSA) is 79.2 Å². The SMILES string of the molecule is CCOc1ccc(C(O)C(O)CO)cc1OCC. The second kappa shape index (κ2) is 7.20. The van der Waals surface area contributed by atoms with Gasteiger partial charge in [-0.15, -0.1) is 0 Å². The average Bonchev–Trinajstić information content (AvgIpc) is 2.39. The van der Waals surface area contributed by atoms with Crippen molar-refractivity contribution in [1.29, 1.82) is 0 Å². The van der Waals surface area contributed by atoms with Crippen LogP contribution in [0, 0.1) is 0 Å². The first-order chi connectivity index (χ1) is 8.63. The summed E-state index contributed by atoms with van der Waals surface area (Å²) < 4.78 is 10.8. The molecule has 5 heteroatoms. The Bertz CT molecular complexity index is 366. The lowest BCUT2D eigenvalue weighted by Gasteiger charge is -2.18. The van der Waals surface area contributed by atoms with E-state index >= 15 is 0 Å². The molecule has 0 spiro atoms. The van der Waals surface area contributed by atoms with Crippen molar-refractivity contribution in [2.45, 2.75) is 26.1 Å². The van der Waals surface area contributed by atoms with Crippen molar-refractivity contribution in [2.24, 2.45) is 0 Å². The number of aliphatic hydroxyl groups excluding tert-OH is 3. The van der Waals surface area contributed by atoms with Gasteiger partial charge in [-0.3, -0.25) is 0 Å². The Hall–Kier alpha value is -1.30. The minimum atomic E-state index is -1.21. The molecule has 0 heterocycles. The summed E-state index contributed by atoms with van der Waals surface area (Å²) in [6.07, 6.45) is -2.36. The van der Waals surface area contributed by atoms with E-state index in [0.717, 1.165) is 0 Å². The molecule has 0 amide bonds. The molecule has 0 radical (unpaired) electrons. The average molecular weight is 256 g/mol. The van der Waals surface area contributed by atoms with Gasteiger partial charge in [0.15, 0.2) is 11.5 Å². The molecule has 5 nitrogen and oxygen atoms in total. The Morgan fingerprint density at radius 1 is 1.06 bits per heavy atom. The fraction of sp³-hybridized carbons (Fsp3) is 0.538. The van der Waals surface area contributed by atoms with Gasteiger partial charge in [-0.2, -0.15) is 0 Å². The maximum Gasteiger partial charge on any atom is 0.161 e. The van der Waals surface area contributed by atoms with Crippen LogP contribution in [0.2, 0.25) is 0 Å². The Morgan fingerprint density at radius 3 is 2.22 bits per heavy atom. The highest BCUT2D eigenvalue weighted by Crippen LogP contribution is 2.31. The highest BCUT2D eigenvalue weighted by atomic mass is 16.5. The van der Waals surface area contributed by atoms with Crippen molar-refractivity contribution < 1.29 is 24.8 Å². The van der Waals surface area contributed by atoms with Gasteiger partial charge in [0.1, 0.15) is 12.2 Å². The van der Waals surface area contributed by atoms with Gasteiger partial charge in [0.25, 0.3) is 0 Å². The number of benzene rings is 1. The minimum absolute atomic E-state index is 0.474. The van der Waals surface area contributed by atoms with Crippen LogP contribution >= 0.6 is 0 Å². The zero-order valence-corrected chi connectivity index (χ0v) is 10.7. The van der Waals surface area contributed by atoms with Crippen molar-refractivity contribution in [3.05, 3.63) is 23.8 Å². The lowest BCUT2D eigenvalue weighted by atomic mass is 10.0. The Labute approximate surface area is 107 Å². The Kier molecular flexibility index (Phi) is 5.91. The molecule has 1 aromatic carbocycles. The lowest BCUT2D eigenvalue weighted by Crippen LogP contribution is -2.22. The molecule has 1 rings (SSSR count). The van der Waals surface area contributed by atoms with Gasteiger partial charge in [0.2, 0.25) is 0 Å². The van der Waals surface area contributed by atoms with Gasteiger partial charge in [-0.1, -0.05) is 6.07 Å². The third-order valence-electron chi connectivity index (χ3n) is 2.46. The summed E-state index contributed by atoms with van der Waals surface area (Å²) >= 11 is 0. The van der Waals surface area contributed by atoms with E-state index in [-0.39, 0.29) is 0 Å². The van der Waals surface area contributed by atoms with E-state index in [2.05, 4.69) is 0 Å².